The first kappa shape index (κ1) is 53.8. The van der Waals surface area contributed by atoms with Crippen molar-refractivity contribution in [3.8, 4) is 79.9 Å². The quantitative estimate of drug-likeness (QED) is 0.158. The van der Waals surface area contributed by atoms with Gasteiger partial charge in [-0.05, 0) is 70.8 Å². The topological polar surface area (TPSA) is 387 Å². The van der Waals surface area contributed by atoms with Gasteiger partial charge in [0.15, 0.2) is 0 Å². The van der Waals surface area contributed by atoms with E-state index in [9.17, 15) is 0 Å². The number of halogens is 2. The van der Waals surface area contributed by atoms with E-state index in [1.165, 1.54) is 13.8 Å². The third kappa shape index (κ3) is 21.5. The molecule has 0 saturated heterocycles. The summed E-state index contributed by atoms with van der Waals surface area (Å²) in [6, 6.07) is 19.3. The molecule has 0 N–H and O–H groups in total. The third-order valence-electron chi connectivity index (χ3n) is 6.98. The molecule has 8 heterocycles. The van der Waals surface area contributed by atoms with Gasteiger partial charge in [0.1, 0.15) is 22.8 Å². The average Bonchev–Trinajstić information content (AvgIpc) is 3.30. The summed E-state index contributed by atoms with van der Waals surface area (Å²) in [6.07, 6.45) is 27.0. The van der Waals surface area contributed by atoms with E-state index < -0.39 is 20.5 Å². The molecular weight excluding hydrogens is 930 g/mol. The summed E-state index contributed by atoms with van der Waals surface area (Å²) in [5.74, 6) is 0. The number of hydrogen-bond donors (Lipinski definition) is 0. The Kier molecular flexibility index (Phi) is 23.5. The molecule has 0 saturated carbocycles. The molecule has 8 aromatic rings. The summed E-state index contributed by atoms with van der Waals surface area (Å²) in [5, 5.41) is 14.6. The standard InChI is InChI=1S/2C18H12N6.2C2H3N.2ClHO4.Mn/c2*1-3-19-4-2-13(1)14-9-15(17-11-20-5-7-22-17)24-16(10-14)18-12-21-6-8-23-18;2*1-2-3;2*2-1(3,4)5;/h2*1-12H;2*1H3;2*(H,2,3,4,5);/q;;;;;;+2/p-2. The van der Waals surface area contributed by atoms with Crippen LogP contribution in [-0.4, -0.2) is 59.8 Å². The van der Waals surface area contributed by atoms with E-state index in [1.807, 2.05) is 48.5 Å². The predicted molar refractivity (Wildman–Crippen MR) is 202 cm³/mol. The van der Waals surface area contributed by atoms with Gasteiger partial charge in [-0.25, -0.2) is 47.2 Å². The van der Waals surface area contributed by atoms with Crippen LogP contribution in [0.3, 0.4) is 0 Å². The maximum Gasteiger partial charge on any atom is 2.00 e. The Balaban J connectivity index is 0.000000333. The average molecular weight is 961 g/mol. The molecular formula is C40H30Cl2MnN14O8. The van der Waals surface area contributed by atoms with E-state index >= 15 is 0 Å². The van der Waals surface area contributed by atoms with Gasteiger partial charge in [0.25, 0.3) is 0 Å². The molecule has 0 aliphatic heterocycles. The van der Waals surface area contributed by atoms with Gasteiger partial charge < -0.3 is 0 Å². The molecule has 8 rings (SSSR count). The number of hydrogen-bond acceptors (Lipinski definition) is 22. The molecule has 8 aromatic heterocycles. The number of pyridine rings is 4. The van der Waals surface area contributed by atoms with Crippen LogP contribution in [0, 0.1) is 43.1 Å². The molecule has 0 aliphatic rings. The molecule has 0 fully saturated rings. The maximum atomic E-state index is 8.49. The Morgan fingerprint density at radius 2 is 0.569 bits per heavy atom. The smallest absolute Gasteiger partial charge is 0.265 e. The Morgan fingerprint density at radius 1 is 0.354 bits per heavy atom. The van der Waals surface area contributed by atoms with E-state index in [2.05, 4.69) is 59.8 Å². The Bertz CT molecular complexity index is 2180. The van der Waals surface area contributed by atoms with Gasteiger partial charge >= 0.3 is 17.1 Å². The summed E-state index contributed by atoms with van der Waals surface area (Å²) >= 11 is 0. The van der Waals surface area contributed by atoms with Crippen molar-refractivity contribution in [2.75, 3.05) is 0 Å². The van der Waals surface area contributed by atoms with Crippen LogP contribution < -0.4 is 37.3 Å². The van der Waals surface area contributed by atoms with E-state index in [1.54, 1.807) is 111 Å². The number of nitriles is 2. The normalized spacial score (nSPS) is 9.85. The molecule has 65 heavy (non-hydrogen) atoms. The molecule has 25 heteroatoms. The zero-order chi connectivity index (χ0) is 46.8. The number of nitrogens with zero attached hydrogens (tertiary/aromatic N) is 14. The first-order valence-corrected chi connectivity index (χ1v) is 19.9. The molecule has 0 atom stereocenters. The Morgan fingerprint density at radius 3 is 0.754 bits per heavy atom. The molecule has 1 radical (unpaired) electrons. The van der Waals surface area contributed by atoms with Crippen molar-refractivity contribution in [1.29, 1.82) is 10.5 Å². The molecule has 0 aliphatic carbocycles. The van der Waals surface area contributed by atoms with Crippen molar-refractivity contribution < 1.29 is 74.8 Å². The van der Waals surface area contributed by atoms with Gasteiger partial charge in [0, 0.05) is 88.2 Å². The van der Waals surface area contributed by atoms with Gasteiger partial charge in [-0.3, -0.25) is 49.8 Å². The summed E-state index contributed by atoms with van der Waals surface area (Å²) in [4.78, 5) is 51.4. The van der Waals surface area contributed by atoms with Crippen molar-refractivity contribution in [1.82, 2.24) is 59.8 Å². The maximum absolute atomic E-state index is 8.49. The van der Waals surface area contributed by atoms with Crippen molar-refractivity contribution in [3.05, 3.63) is 148 Å². The van der Waals surface area contributed by atoms with Crippen LogP contribution >= 0.6 is 0 Å². The van der Waals surface area contributed by atoms with Crippen LogP contribution in [0.5, 0.6) is 0 Å². The SMILES string of the molecule is CC#N.CC#N.[Mn+2].[O-][Cl+3]([O-])([O-])[O-].[O-][Cl+3]([O-])([O-])[O-].c1cc(-c2cc(-c3cnccn3)nc(-c3cnccn3)c2)ccn1.c1cc(-c2cc(-c3cnccn3)nc(-c3cnccn3)c2)ccn1. The summed E-state index contributed by atoms with van der Waals surface area (Å²) in [6.45, 7) is 2.86. The van der Waals surface area contributed by atoms with Gasteiger partial charge in [0.2, 0.25) is 0 Å². The van der Waals surface area contributed by atoms with Crippen LogP contribution in [0.25, 0.3) is 67.8 Å². The minimum absolute atomic E-state index is 0. The largest absolute Gasteiger partial charge is 2.00 e. The van der Waals surface area contributed by atoms with E-state index in [0.717, 1.165) is 45.0 Å². The van der Waals surface area contributed by atoms with Crippen LogP contribution in [0.1, 0.15) is 13.8 Å². The second-order valence-corrected chi connectivity index (χ2v) is 12.8. The fourth-order valence-electron chi connectivity index (χ4n) is 4.73. The first-order chi connectivity index (χ1) is 30.6. The molecule has 0 spiro atoms. The van der Waals surface area contributed by atoms with Crippen LogP contribution in [0.15, 0.2) is 148 Å². The third-order valence-corrected chi connectivity index (χ3v) is 6.98. The minimum atomic E-state index is -4.94. The van der Waals surface area contributed by atoms with Crippen LogP contribution in [-0.2, 0) is 17.1 Å². The molecule has 329 valence electrons. The Hall–Kier alpha value is -7.32. The first-order valence-electron chi connectivity index (χ1n) is 17.4. The zero-order valence-electron chi connectivity index (χ0n) is 33.5. The second kappa shape index (κ2) is 28.4. The van der Waals surface area contributed by atoms with E-state index in [-0.39, 0.29) is 17.1 Å². The molecule has 0 bridgehead atoms. The second-order valence-electron chi connectivity index (χ2n) is 11.3. The molecule has 0 aromatic carbocycles. The van der Waals surface area contributed by atoms with Gasteiger partial charge in [0.05, 0.1) is 59.7 Å². The van der Waals surface area contributed by atoms with Crippen molar-refractivity contribution in [2.45, 2.75) is 13.8 Å². The van der Waals surface area contributed by atoms with E-state index in [0.29, 0.717) is 22.8 Å². The molecule has 22 nitrogen and oxygen atoms in total. The van der Waals surface area contributed by atoms with E-state index in [4.69, 9.17) is 47.8 Å². The van der Waals surface area contributed by atoms with Gasteiger partial charge in [-0.15, -0.1) is 20.5 Å². The monoisotopic (exact) mass is 959 g/mol. The van der Waals surface area contributed by atoms with Crippen LogP contribution in [0.4, 0.5) is 0 Å². The fraction of sp³-hybridized carbons (Fsp3) is 0.0500. The van der Waals surface area contributed by atoms with Crippen molar-refractivity contribution >= 4 is 0 Å². The summed E-state index contributed by atoms with van der Waals surface area (Å²) in [7, 11) is -9.89. The zero-order valence-corrected chi connectivity index (χ0v) is 36.2. The predicted octanol–water partition coefficient (Wildman–Crippen LogP) is -2.34. The summed E-state index contributed by atoms with van der Waals surface area (Å²) < 4.78 is 67.9. The van der Waals surface area contributed by atoms with Crippen molar-refractivity contribution in [3.63, 3.8) is 0 Å². The number of rotatable bonds is 6. The van der Waals surface area contributed by atoms with Crippen LogP contribution in [0.2, 0.25) is 0 Å². The summed E-state index contributed by atoms with van der Waals surface area (Å²) in [5.41, 5.74) is 9.87. The Labute approximate surface area is 385 Å². The van der Waals surface area contributed by atoms with Gasteiger partial charge in [-0.1, -0.05) is 0 Å². The fourth-order valence-corrected chi connectivity index (χ4v) is 4.73. The van der Waals surface area contributed by atoms with Crippen molar-refractivity contribution in [2.24, 2.45) is 0 Å². The molecule has 0 amide bonds. The minimum Gasteiger partial charge on any atom is -0.265 e. The van der Waals surface area contributed by atoms with Gasteiger partial charge in [-0.2, -0.15) is 10.5 Å². The molecule has 0 unspecified atom stereocenters. The number of aromatic nitrogens is 12.